The number of carbonyl (C=O) groups is 2. The first-order valence-corrected chi connectivity index (χ1v) is 13.1. The predicted molar refractivity (Wildman–Crippen MR) is 140 cm³/mol. The monoisotopic (exact) mass is 504 g/mol. The van der Waals surface area contributed by atoms with Gasteiger partial charge >= 0.3 is 0 Å². The summed E-state index contributed by atoms with van der Waals surface area (Å²) in [5.41, 5.74) is 5.79. The van der Waals surface area contributed by atoms with Crippen LogP contribution in [0.15, 0.2) is 53.3 Å². The van der Waals surface area contributed by atoms with Crippen LogP contribution in [0.2, 0.25) is 0 Å². The molecule has 2 fully saturated rings. The van der Waals surface area contributed by atoms with Gasteiger partial charge in [-0.1, -0.05) is 18.2 Å². The van der Waals surface area contributed by atoms with E-state index in [9.17, 15) is 14.4 Å². The number of fused-ring (bicyclic) bond motifs is 1. The lowest BCUT2D eigenvalue weighted by atomic mass is 9.83. The van der Waals surface area contributed by atoms with Gasteiger partial charge in [0.25, 0.3) is 17.4 Å². The summed E-state index contributed by atoms with van der Waals surface area (Å²) in [6.45, 7) is 5.17. The molecule has 2 amide bonds. The fraction of sp³-hybridized carbons (Fsp3) is 0.429. The molecule has 0 saturated carbocycles. The highest BCUT2D eigenvalue weighted by atomic mass is 16.5. The van der Waals surface area contributed by atoms with E-state index in [4.69, 9.17) is 10.5 Å². The number of rotatable bonds is 6. The Labute approximate surface area is 215 Å². The molecule has 194 valence electrons. The van der Waals surface area contributed by atoms with Crippen LogP contribution in [0.4, 0.5) is 0 Å². The Hall–Kier alpha value is -3.72. The number of benzene rings is 2. The van der Waals surface area contributed by atoms with Gasteiger partial charge < -0.3 is 20.3 Å². The van der Waals surface area contributed by atoms with Gasteiger partial charge in [-0.2, -0.15) is 9.78 Å². The molecule has 3 aromatic rings. The Balaban J connectivity index is 1.47. The number of carbonyl (C=O) groups excluding carboxylic acids is 2. The number of hydrogen-bond acceptors (Lipinski definition) is 5. The Morgan fingerprint density at radius 1 is 1.00 bits per heavy atom. The van der Waals surface area contributed by atoms with Crippen molar-refractivity contribution in [1.82, 2.24) is 14.7 Å². The minimum Gasteiger partial charge on any atom is -0.494 e. The SMILES string of the molecule is CCOc1ccc(-n2nc(C(=O)N3CCC(C(N)=O)([NH+]4CCCCC4)CC3)c3ccccc3c2=O)cc1. The van der Waals surface area contributed by atoms with Gasteiger partial charge in [-0.25, -0.2) is 0 Å². The van der Waals surface area contributed by atoms with Gasteiger partial charge in [-0.3, -0.25) is 14.4 Å². The summed E-state index contributed by atoms with van der Waals surface area (Å²) in [5.74, 6) is 0.171. The topological polar surface area (TPSA) is 112 Å². The molecular weight excluding hydrogens is 470 g/mol. The van der Waals surface area contributed by atoms with Gasteiger partial charge in [0.05, 0.1) is 30.8 Å². The zero-order chi connectivity index (χ0) is 26.0. The van der Waals surface area contributed by atoms with E-state index < -0.39 is 5.54 Å². The molecule has 0 radical (unpaired) electrons. The summed E-state index contributed by atoms with van der Waals surface area (Å²) in [5, 5.41) is 5.51. The third-order valence-corrected chi connectivity index (χ3v) is 7.91. The summed E-state index contributed by atoms with van der Waals surface area (Å²) in [7, 11) is 0. The van der Waals surface area contributed by atoms with Crippen molar-refractivity contribution >= 4 is 22.6 Å². The smallest absolute Gasteiger partial charge is 0.279 e. The zero-order valence-electron chi connectivity index (χ0n) is 21.2. The predicted octanol–water partition coefficient (Wildman–Crippen LogP) is 1.31. The fourth-order valence-electron chi connectivity index (χ4n) is 5.85. The molecule has 0 aliphatic carbocycles. The number of ether oxygens (including phenoxy) is 1. The largest absolute Gasteiger partial charge is 0.494 e. The second kappa shape index (κ2) is 10.3. The van der Waals surface area contributed by atoms with Crippen LogP contribution in [0.5, 0.6) is 5.75 Å². The van der Waals surface area contributed by atoms with E-state index in [0.29, 0.717) is 54.7 Å². The van der Waals surface area contributed by atoms with E-state index in [1.54, 1.807) is 53.4 Å². The number of primary amides is 1. The number of hydrogen-bond donors (Lipinski definition) is 2. The molecular formula is C28H34N5O4+. The van der Waals surface area contributed by atoms with E-state index in [1.165, 1.54) is 16.0 Å². The molecule has 0 atom stereocenters. The van der Waals surface area contributed by atoms with Gasteiger partial charge in [0.2, 0.25) is 0 Å². The molecule has 2 aromatic carbocycles. The minimum atomic E-state index is -0.631. The molecule has 9 nitrogen and oxygen atoms in total. The molecule has 3 N–H and O–H groups in total. The van der Waals surface area contributed by atoms with Crippen molar-refractivity contribution in [2.75, 3.05) is 32.8 Å². The second-order valence-corrected chi connectivity index (χ2v) is 9.94. The van der Waals surface area contributed by atoms with Crippen LogP contribution in [0.3, 0.4) is 0 Å². The van der Waals surface area contributed by atoms with Crippen LogP contribution >= 0.6 is 0 Å². The van der Waals surface area contributed by atoms with E-state index in [-0.39, 0.29) is 23.1 Å². The number of quaternary nitrogens is 1. The summed E-state index contributed by atoms with van der Waals surface area (Å²) in [6.07, 6.45) is 4.43. The maximum Gasteiger partial charge on any atom is 0.279 e. The van der Waals surface area contributed by atoms with Crippen LogP contribution in [0, 0.1) is 0 Å². The standard InChI is InChI=1S/C28H33N5O4/c1-2-37-21-12-10-20(11-13-21)33-25(34)23-9-5-4-8-22(23)24(30-33)26(35)31-18-14-28(15-19-31,27(29)36)32-16-6-3-7-17-32/h4-5,8-13H,2-3,6-7,14-19H2,1H3,(H2,29,36)/p+1. The molecule has 2 aliphatic heterocycles. The first-order valence-electron chi connectivity index (χ1n) is 13.1. The minimum absolute atomic E-state index is 0.223. The summed E-state index contributed by atoms with van der Waals surface area (Å²) < 4.78 is 6.79. The van der Waals surface area contributed by atoms with E-state index in [1.807, 2.05) is 6.92 Å². The van der Waals surface area contributed by atoms with Crippen molar-refractivity contribution in [3.05, 3.63) is 64.6 Å². The first-order chi connectivity index (χ1) is 17.9. The molecule has 5 rings (SSSR count). The number of aromatic nitrogens is 2. The lowest BCUT2D eigenvalue weighted by molar-refractivity contribution is -0.948. The van der Waals surface area contributed by atoms with Gasteiger partial charge in [-0.05, 0) is 56.5 Å². The highest BCUT2D eigenvalue weighted by molar-refractivity contribution is 6.05. The van der Waals surface area contributed by atoms with Crippen LogP contribution < -0.4 is 20.9 Å². The summed E-state index contributed by atoms with van der Waals surface area (Å²) >= 11 is 0. The molecule has 3 heterocycles. The molecule has 2 saturated heterocycles. The highest BCUT2D eigenvalue weighted by Gasteiger charge is 2.49. The Bertz CT molecular complexity index is 1350. The van der Waals surface area contributed by atoms with Crippen molar-refractivity contribution in [2.45, 2.75) is 44.6 Å². The molecule has 37 heavy (non-hydrogen) atoms. The van der Waals surface area contributed by atoms with Gasteiger partial charge in [0.1, 0.15) is 5.75 Å². The van der Waals surface area contributed by atoms with Crippen molar-refractivity contribution in [3.8, 4) is 11.4 Å². The van der Waals surface area contributed by atoms with Crippen molar-refractivity contribution in [3.63, 3.8) is 0 Å². The number of nitrogens with two attached hydrogens (primary N) is 1. The van der Waals surface area contributed by atoms with E-state index in [0.717, 1.165) is 25.9 Å². The number of likely N-dealkylation sites (tertiary alicyclic amines) is 2. The fourth-order valence-corrected chi connectivity index (χ4v) is 5.85. The average Bonchev–Trinajstić information content (AvgIpc) is 2.94. The van der Waals surface area contributed by atoms with Gasteiger partial charge in [-0.15, -0.1) is 0 Å². The van der Waals surface area contributed by atoms with Crippen LogP contribution in [-0.2, 0) is 4.79 Å². The quantitative estimate of drug-likeness (QED) is 0.526. The van der Waals surface area contributed by atoms with Gasteiger partial charge in [0.15, 0.2) is 11.2 Å². The van der Waals surface area contributed by atoms with E-state index >= 15 is 0 Å². The third kappa shape index (κ3) is 4.59. The number of nitrogens with zero attached hydrogens (tertiary/aromatic N) is 3. The molecule has 0 spiro atoms. The number of piperidine rings is 2. The van der Waals surface area contributed by atoms with Crippen molar-refractivity contribution in [1.29, 1.82) is 0 Å². The van der Waals surface area contributed by atoms with Crippen molar-refractivity contribution < 1.29 is 19.2 Å². The number of nitrogens with one attached hydrogen (secondary N) is 1. The zero-order valence-corrected chi connectivity index (χ0v) is 21.2. The maximum absolute atomic E-state index is 13.8. The lowest BCUT2D eigenvalue weighted by Crippen LogP contribution is -3.22. The Morgan fingerprint density at radius 2 is 1.65 bits per heavy atom. The summed E-state index contributed by atoms with van der Waals surface area (Å²) in [4.78, 5) is 42.8. The van der Waals surface area contributed by atoms with Crippen molar-refractivity contribution in [2.24, 2.45) is 5.73 Å². The third-order valence-electron chi connectivity index (χ3n) is 7.91. The highest BCUT2D eigenvalue weighted by Crippen LogP contribution is 2.24. The molecule has 9 heteroatoms. The Morgan fingerprint density at radius 3 is 2.27 bits per heavy atom. The van der Waals surface area contributed by atoms with Crippen LogP contribution in [-0.4, -0.2) is 64.8 Å². The van der Waals surface area contributed by atoms with E-state index in [2.05, 4.69) is 5.10 Å². The Kier molecular flexibility index (Phi) is 6.97. The maximum atomic E-state index is 13.8. The summed E-state index contributed by atoms with van der Waals surface area (Å²) in [6, 6.07) is 14.1. The molecule has 2 aliphatic rings. The number of amides is 2. The molecule has 1 aromatic heterocycles. The molecule has 0 unspecified atom stereocenters. The molecule has 0 bridgehead atoms. The average molecular weight is 505 g/mol. The first kappa shape index (κ1) is 25.0. The van der Waals surface area contributed by atoms with Crippen LogP contribution in [0.25, 0.3) is 16.5 Å². The van der Waals surface area contributed by atoms with Gasteiger partial charge in [0, 0.05) is 31.3 Å². The normalized spacial score (nSPS) is 18.0. The second-order valence-electron chi connectivity index (χ2n) is 9.94. The lowest BCUT2D eigenvalue weighted by Gasteiger charge is -2.45. The van der Waals surface area contributed by atoms with Crippen LogP contribution in [0.1, 0.15) is 49.5 Å².